The summed E-state index contributed by atoms with van der Waals surface area (Å²) in [4.78, 5) is 12.1. The highest BCUT2D eigenvalue weighted by atomic mass is 16.1. The number of hydrogen-bond donors (Lipinski definition) is 0. The van der Waals surface area contributed by atoms with Crippen LogP contribution in [0, 0.1) is 5.41 Å². The Morgan fingerprint density at radius 2 is 1.53 bits per heavy atom. The molecule has 0 bridgehead atoms. The van der Waals surface area contributed by atoms with E-state index in [4.69, 9.17) is 0 Å². The lowest BCUT2D eigenvalue weighted by Crippen LogP contribution is -2.15. The van der Waals surface area contributed by atoms with Gasteiger partial charge in [0.05, 0.1) is 0 Å². The number of carbonyl (C=O) groups excluding carboxylic acids is 1. The molecule has 0 heterocycles. The molecule has 0 unspecified atom stereocenters. The highest BCUT2D eigenvalue weighted by Gasteiger charge is 2.19. The number of carbonyl (C=O) groups is 1. The normalized spacial score (nSPS) is 12.5. The van der Waals surface area contributed by atoms with Gasteiger partial charge in [-0.1, -0.05) is 65.8 Å². The third kappa shape index (κ3) is 4.81. The van der Waals surface area contributed by atoms with Crippen molar-refractivity contribution in [3.8, 4) is 0 Å². The quantitative estimate of drug-likeness (QED) is 0.649. The standard InChI is InChI=1S/C18H28O/c1-7-18(5,6)15-10-8-14(9-11-15)16(19)12-13-17(2,3)4/h8-11H,7,12-13H2,1-6H3. The molecule has 0 aliphatic rings. The predicted octanol–water partition coefficient (Wildman–Crippen LogP) is 5.38. The Kier molecular flexibility index (Phi) is 4.95. The van der Waals surface area contributed by atoms with Gasteiger partial charge in [0.2, 0.25) is 0 Å². The van der Waals surface area contributed by atoms with E-state index in [0.717, 1.165) is 18.4 Å². The summed E-state index contributed by atoms with van der Waals surface area (Å²) >= 11 is 0. The molecule has 0 fully saturated rings. The molecule has 0 N–H and O–H groups in total. The van der Waals surface area contributed by atoms with Gasteiger partial charge >= 0.3 is 0 Å². The molecule has 0 aliphatic heterocycles. The first-order valence-electron chi connectivity index (χ1n) is 7.29. The SMILES string of the molecule is CCC(C)(C)c1ccc(C(=O)CCC(C)(C)C)cc1. The fourth-order valence-corrected chi connectivity index (χ4v) is 1.94. The maximum atomic E-state index is 12.1. The Hall–Kier alpha value is -1.11. The van der Waals surface area contributed by atoms with E-state index < -0.39 is 0 Å². The van der Waals surface area contributed by atoms with E-state index in [1.807, 2.05) is 12.1 Å². The molecule has 106 valence electrons. The van der Waals surface area contributed by atoms with Crippen LogP contribution in [0.1, 0.15) is 76.7 Å². The van der Waals surface area contributed by atoms with Crippen LogP contribution in [0.15, 0.2) is 24.3 Å². The van der Waals surface area contributed by atoms with Crippen LogP contribution < -0.4 is 0 Å². The van der Waals surface area contributed by atoms with Crippen molar-refractivity contribution in [3.63, 3.8) is 0 Å². The summed E-state index contributed by atoms with van der Waals surface area (Å²) in [7, 11) is 0. The maximum absolute atomic E-state index is 12.1. The molecule has 0 aliphatic carbocycles. The van der Waals surface area contributed by atoms with Crippen LogP contribution in [0.5, 0.6) is 0 Å². The summed E-state index contributed by atoms with van der Waals surface area (Å²) in [6, 6.07) is 8.18. The van der Waals surface area contributed by atoms with Crippen molar-refractivity contribution < 1.29 is 4.79 Å². The van der Waals surface area contributed by atoms with Crippen molar-refractivity contribution in [2.75, 3.05) is 0 Å². The van der Waals surface area contributed by atoms with Gasteiger partial charge in [-0.3, -0.25) is 4.79 Å². The fraction of sp³-hybridized carbons (Fsp3) is 0.611. The Morgan fingerprint density at radius 1 is 1.00 bits per heavy atom. The first-order valence-corrected chi connectivity index (χ1v) is 7.29. The van der Waals surface area contributed by atoms with Crippen molar-refractivity contribution in [2.45, 2.75) is 66.2 Å². The van der Waals surface area contributed by atoms with E-state index in [-0.39, 0.29) is 16.6 Å². The second-order valence-electron chi connectivity index (χ2n) is 7.30. The lowest BCUT2D eigenvalue weighted by molar-refractivity contribution is 0.0966. The first-order chi connectivity index (χ1) is 8.65. The Bertz CT molecular complexity index is 418. The van der Waals surface area contributed by atoms with Crippen LogP contribution in [-0.4, -0.2) is 5.78 Å². The molecule has 19 heavy (non-hydrogen) atoms. The molecule has 0 aromatic heterocycles. The van der Waals surface area contributed by atoms with Crippen molar-refractivity contribution in [3.05, 3.63) is 35.4 Å². The molecule has 0 amide bonds. The minimum Gasteiger partial charge on any atom is -0.294 e. The molecule has 0 spiro atoms. The van der Waals surface area contributed by atoms with Gasteiger partial charge in [-0.15, -0.1) is 0 Å². The van der Waals surface area contributed by atoms with Gasteiger partial charge in [0.1, 0.15) is 0 Å². The van der Waals surface area contributed by atoms with Crippen LogP contribution in [0.4, 0.5) is 0 Å². The van der Waals surface area contributed by atoms with Gasteiger partial charge in [0.15, 0.2) is 5.78 Å². The zero-order chi connectivity index (χ0) is 14.7. The van der Waals surface area contributed by atoms with Crippen LogP contribution in [-0.2, 0) is 5.41 Å². The number of hydrogen-bond acceptors (Lipinski definition) is 1. The van der Waals surface area contributed by atoms with Crippen LogP contribution >= 0.6 is 0 Å². The smallest absolute Gasteiger partial charge is 0.162 e. The lowest BCUT2D eigenvalue weighted by atomic mass is 9.81. The van der Waals surface area contributed by atoms with Crippen LogP contribution in [0.2, 0.25) is 0 Å². The summed E-state index contributed by atoms with van der Waals surface area (Å²) in [6.07, 6.45) is 2.68. The minimum absolute atomic E-state index is 0.187. The van der Waals surface area contributed by atoms with Gasteiger partial charge < -0.3 is 0 Å². The van der Waals surface area contributed by atoms with E-state index in [1.54, 1.807) is 0 Å². The van der Waals surface area contributed by atoms with Gasteiger partial charge in [-0.05, 0) is 29.2 Å². The number of ketones is 1. The molecule has 1 rings (SSSR count). The average Bonchev–Trinajstić information content (AvgIpc) is 2.35. The van der Waals surface area contributed by atoms with Gasteiger partial charge in [-0.2, -0.15) is 0 Å². The summed E-state index contributed by atoms with van der Waals surface area (Å²) in [5.41, 5.74) is 2.56. The summed E-state index contributed by atoms with van der Waals surface area (Å²) < 4.78 is 0. The van der Waals surface area contributed by atoms with Crippen LogP contribution in [0.25, 0.3) is 0 Å². The van der Waals surface area contributed by atoms with E-state index in [9.17, 15) is 4.79 Å². The molecule has 0 saturated carbocycles. The maximum Gasteiger partial charge on any atom is 0.162 e. The van der Waals surface area contributed by atoms with Gasteiger partial charge in [0.25, 0.3) is 0 Å². The van der Waals surface area contributed by atoms with Gasteiger partial charge in [-0.25, -0.2) is 0 Å². The second kappa shape index (κ2) is 5.90. The van der Waals surface area contributed by atoms with Gasteiger partial charge in [0, 0.05) is 12.0 Å². The molecule has 1 aromatic rings. The highest BCUT2D eigenvalue weighted by molar-refractivity contribution is 5.96. The monoisotopic (exact) mass is 260 g/mol. The van der Waals surface area contributed by atoms with E-state index in [2.05, 4.69) is 53.7 Å². The van der Waals surface area contributed by atoms with Crippen molar-refractivity contribution in [1.82, 2.24) is 0 Å². The van der Waals surface area contributed by atoms with Crippen molar-refractivity contribution >= 4 is 5.78 Å². The van der Waals surface area contributed by atoms with Crippen molar-refractivity contribution in [2.24, 2.45) is 5.41 Å². The summed E-state index contributed by atoms with van der Waals surface area (Å²) in [5, 5.41) is 0. The summed E-state index contributed by atoms with van der Waals surface area (Å²) in [6.45, 7) is 13.2. The predicted molar refractivity (Wildman–Crippen MR) is 82.8 cm³/mol. The van der Waals surface area contributed by atoms with Crippen LogP contribution in [0.3, 0.4) is 0 Å². The molecule has 0 saturated heterocycles. The minimum atomic E-state index is 0.187. The topological polar surface area (TPSA) is 17.1 Å². The highest BCUT2D eigenvalue weighted by Crippen LogP contribution is 2.27. The molecule has 0 radical (unpaired) electrons. The molecule has 1 nitrogen and oxygen atoms in total. The Balaban J connectivity index is 2.74. The zero-order valence-corrected chi connectivity index (χ0v) is 13.3. The average molecular weight is 260 g/mol. The zero-order valence-electron chi connectivity index (χ0n) is 13.3. The third-order valence-electron chi connectivity index (χ3n) is 3.97. The van der Waals surface area contributed by atoms with Crippen molar-refractivity contribution in [1.29, 1.82) is 0 Å². The van der Waals surface area contributed by atoms with E-state index in [0.29, 0.717) is 6.42 Å². The first kappa shape index (κ1) is 15.9. The molecule has 0 atom stereocenters. The lowest BCUT2D eigenvalue weighted by Gasteiger charge is -2.23. The Labute approximate surface area is 118 Å². The summed E-state index contributed by atoms with van der Waals surface area (Å²) in [5.74, 6) is 0.260. The molecular formula is C18H28O. The molecular weight excluding hydrogens is 232 g/mol. The second-order valence-corrected chi connectivity index (χ2v) is 7.30. The molecule has 1 aromatic carbocycles. The fourth-order valence-electron chi connectivity index (χ4n) is 1.94. The third-order valence-corrected chi connectivity index (χ3v) is 3.97. The number of benzene rings is 1. The number of Topliss-reactive ketones (excluding diaryl/α,β-unsaturated/α-hetero) is 1. The number of rotatable bonds is 5. The van der Waals surface area contributed by atoms with E-state index >= 15 is 0 Å². The largest absolute Gasteiger partial charge is 0.294 e. The molecule has 1 heteroatoms. The van der Waals surface area contributed by atoms with E-state index in [1.165, 1.54) is 5.56 Å². The Morgan fingerprint density at radius 3 is 1.95 bits per heavy atom.